The van der Waals surface area contributed by atoms with Gasteiger partial charge in [0.25, 0.3) is 0 Å². The maximum Gasteiger partial charge on any atom is 0.419 e. The Hall–Kier alpha value is -3.80. The molecule has 9 nitrogen and oxygen atoms in total. The molecule has 0 spiro atoms. The molecule has 1 saturated heterocycles. The number of nitrogen functional groups attached to an aromatic ring is 1. The zero-order valence-corrected chi connectivity index (χ0v) is 19.8. The predicted octanol–water partition coefficient (Wildman–Crippen LogP) is 3.33. The van der Waals surface area contributed by atoms with Crippen molar-refractivity contribution in [2.75, 3.05) is 32.4 Å². The highest BCUT2D eigenvalue weighted by Gasteiger charge is 2.34. The molecule has 0 unspecified atom stereocenters. The third-order valence-electron chi connectivity index (χ3n) is 6.63. The molecule has 0 saturated carbocycles. The Labute approximate surface area is 204 Å². The number of nitrogens with zero attached hydrogens (tertiary/aromatic N) is 6. The first-order valence-electron chi connectivity index (χ1n) is 11.6. The van der Waals surface area contributed by atoms with E-state index in [4.69, 9.17) is 10.7 Å². The fourth-order valence-corrected chi connectivity index (χ4v) is 4.82. The number of imidazole rings is 1. The molecule has 0 bridgehead atoms. The molecule has 5 rings (SSSR count). The minimum absolute atomic E-state index is 0.0163. The Morgan fingerprint density at radius 3 is 2.58 bits per heavy atom. The Kier molecular flexibility index (Phi) is 5.99. The van der Waals surface area contributed by atoms with Crippen molar-refractivity contribution in [1.82, 2.24) is 34.7 Å². The molecule has 1 amide bonds. The quantitative estimate of drug-likeness (QED) is 0.444. The van der Waals surface area contributed by atoms with Gasteiger partial charge in [-0.2, -0.15) is 13.2 Å². The van der Waals surface area contributed by atoms with Crippen molar-refractivity contribution in [1.29, 1.82) is 0 Å². The molecule has 4 aromatic heterocycles. The number of aryl methyl sites for hydroxylation is 1. The number of anilines is 1. The summed E-state index contributed by atoms with van der Waals surface area (Å²) in [4.78, 5) is 31.5. The Morgan fingerprint density at radius 1 is 1.14 bits per heavy atom. The lowest BCUT2D eigenvalue weighted by Crippen LogP contribution is -2.41. The zero-order valence-electron chi connectivity index (χ0n) is 19.8. The number of alkyl halides is 3. The van der Waals surface area contributed by atoms with Crippen molar-refractivity contribution in [3.63, 3.8) is 0 Å². The Bertz CT molecular complexity index is 1460. The second kappa shape index (κ2) is 9.01. The first-order valence-corrected chi connectivity index (χ1v) is 11.6. The van der Waals surface area contributed by atoms with Crippen LogP contribution in [0.4, 0.5) is 19.0 Å². The normalized spacial score (nSPS) is 15.6. The van der Waals surface area contributed by atoms with E-state index in [-0.39, 0.29) is 17.5 Å². The largest absolute Gasteiger partial charge is 0.419 e. The summed E-state index contributed by atoms with van der Waals surface area (Å²) in [5.74, 6) is 0.217. The van der Waals surface area contributed by atoms with E-state index in [2.05, 4.69) is 29.7 Å². The average Bonchev–Trinajstić information content (AvgIpc) is 3.20. The minimum atomic E-state index is -4.62. The standard InChI is InChI=1S/C24H25F3N8O/c1-13-32-19-11-30-18-4-3-17(14-9-16(24(25,26)27)23(28)31-10-14)33-21(18)22(19)35(13)15-5-7-34(8-6-15)12-20(36)29-2/h3-4,9-11,15H,5-8,12H2,1-2H3,(H2,28,31)(H,29,36). The number of likely N-dealkylation sites (tertiary alicyclic amines) is 1. The second-order valence-corrected chi connectivity index (χ2v) is 8.92. The lowest BCUT2D eigenvalue weighted by atomic mass is 10.0. The summed E-state index contributed by atoms with van der Waals surface area (Å²) >= 11 is 0. The maximum atomic E-state index is 13.4. The topological polar surface area (TPSA) is 115 Å². The zero-order chi connectivity index (χ0) is 25.6. The fourth-order valence-electron chi connectivity index (χ4n) is 4.82. The molecule has 0 radical (unpaired) electrons. The molecule has 0 atom stereocenters. The minimum Gasteiger partial charge on any atom is -0.383 e. The summed E-state index contributed by atoms with van der Waals surface area (Å²) in [6, 6.07) is 4.47. The van der Waals surface area contributed by atoms with Crippen LogP contribution in [0.25, 0.3) is 33.3 Å². The number of rotatable bonds is 4. The van der Waals surface area contributed by atoms with Gasteiger partial charge in [0.1, 0.15) is 22.7 Å². The number of nitrogens with one attached hydrogen (secondary N) is 1. The second-order valence-electron chi connectivity index (χ2n) is 8.92. The van der Waals surface area contributed by atoms with Gasteiger partial charge in [0.15, 0.2) is 0 Å². The number of carbonyl (C=O) groups excluding carboxylic acids is 1. The molecule has 5 heterocycles. The highest BCUT2D eigenvalue weighted by Crippen LogP contribution is 2.36. The van der Waals surface area contributed by atoms with Crippen LogP contribution in [-0.4, -0.2) is 62.0 Å². The number of amides is 1. The van der Waals surface area contributed by atoms with Crippen LogP contribution in [0.5, 0.6) is 0 Å². The maximum absolute atomic E-state index is 13.4. The third-order valence-corrected chi connectivity index (χ3v) is 6.63. The van der Waals surface area contributed by atoms with Crippen LogP contribution in [0, 0.1) is 6.92 Å². The van der Waals surface area contributed by atoms with Crippen LogP contribution in [0.15, 0.2) is 30.6 Å². The van der Waals surface area contributed by atoms with Crippen molar-refractivity contribution in [2.45, 2.75) is 32.0 Å². The van der Waals surface area contributed by atoms with Crippen molar-refractivity contribution in [3.05, 3.63) is 42.0 Å². The monoisotopic (exact) mass is 498 g/mol. The van der Waals surface area contributed by atoms with Gasteiger partial charge in [0.2, 0.25) is 5.91 Å². The number of piperidine rings is 1. The lowest BCUT2D eigenvalue weighted by molar-refractivity contribution is -0.137. The summed E-state index contributed by atoms with van der Waals surface area (Å²) < 4.78 is 42.3. The van der Waals surface area contributed by atoms with E-state index in [0.717, 1.165) is 43.3 Å². The number of hydrogen-bond acceptors (Lipinski definition) is 7. The van der Waals surface area contributed by atoms with E-state index < -0.39 is 17.6 Å². The van der Waals surface area contributed by atoms with E-state index in [0.29, 0.717) is 28.8 Å². The molecular weight excluding hydrogens is 473 g/mol. The highest BCUT2D eigenvalue weighted by atomic mass is 19.4. The van der Waals surface area contributed by atoms with Gasteiger partial charge >= 0.3 is 6.18 Å². The highest BCUT2D eigenvalue weighted by molar-refractivity contribution is 6.00. The van der Waals surface area contributed by atoms with Crippen molar-refractivity contribution in [3.8, 4) is 11.3 Å². The van der Waals surface area contributed by atoms with E-state index in [1.165, 1.54) is 6.20 Å². The molecule has 188 valence electrons. The molecule has 36 heavy (non-hydrogen) atoms. The molecular formula is C24H25F3N8O. The van der Waals surface area contributed by atoms with Crippen molar-refractivity contribution < 1.29 is 18.0 Å². The summed E-state index contributed by atoms with van der Waals surface area (Å²) in [6.45, 7) is 3.80. The van der Waals surface area contributed by atoms with Crippen molar-refractivity contribution in [2.24, 2.45) is 0 Å². The van der Waals surface area contributed by atoms with E-state index in [1.54, 1.807) is 25.4 Å². The van der Waals surface area contributed by atoms with Crippen molar-refractivity contribution >= 4 is 33.8 Å². The number of carbonyl (C=O) groups is 1. The number of halogens is 3. The van der Waals surface area contributed by atoms with E-state index >= 15 is 0 Å². The van der Waals surface area contributed by atoms with Gasteiger partial charge < -0.3 is 15.6 Å². The van der Waals surface area contributed by atoms with Crippen LogP contribution in [-0.2, 0) is 11.0 Å². The molecule has 0 aromatic carbocycles. The first kappa shape index (κ1) is 23.9. The number of nitrogens with two attached hydrogens (primary N) is 1. The van der Waals surface area contributed by atoms with Gasteiger partial charge in [0, 0.05) is 37.9 Å². The Balaban J connectivity index is 1.56. The fraction of sp³-hybridized carbons (Fsp3) is 0.375. The molecule has 4 aromatic rings. The van der Waals surface area contributed by atoms with Gasteiger partial charge in [-0.05, 0) is 38.0 Å². The lowest BCUT2D eigenvalue weighted by Gasteiger charge is -2.32. The van der Waals surface area contributed by atoms with Crippen LogP contribution in [0.2, 0.25) is 0 Å². The smallest absolute Gasteiger partial charge is 0.383 e. The molecule has 3 N–H and O–H groups in total. The number of pyridine rings is 3. The van der Waals surface area contributed by atoms with Crippen LogP contribution in [0.1, 0.15) is 30.3 Å². The first-order chi connectivity index (χ1) is 17.2. The van der Waals surface area contributed by atoms with Gasteiger partial charge in [-0.1, -0.05) is 0 Å². The number of aromatic nitrogens is 5. The summed E-state index contributed by atoms with van der Waals surface area (Å²) in [5.41, 5.74) is 7.65. The molecule has 1 aliphatic rings. The van der Waals surface area contributed by atoms with E-state index in [9.17, 15) is 18.0 Å². The number of fused-ring (bicyclic) bond motifs is 3. The Morgan fingerprint density at radius 2 is 1.89 bits per heavy atom. The molecule has 1 fully saturated rings. The van der Waals surface area contributed by atoms with Gasteiger partial charge in [-0.3, -0.25) is 14.7 Å². The van der Waals surface area contributed by atoms with E-state index in [1.807, 2.05) is 6.92 Å². The van der Waals surface area contributed by atoms with Gasteiger partial charge in [0.05, 0.1) is 35.0 Å². The summed E-state index contributed by atoms with van der Waals surface area (Å²) in [6.07, 6.45) is 0.00120. The SMILES string of the molecule is CNC(=O)CN1CCC(n2c(C)nc3cnc4ccc(-c5cnc(N)c(C(F)(F)F)c5)nc4c32)CC1. The molecule has 12 heteroatoms. The van der Waals surface area contributed by atoms with Crippen LogP contribution in [0.3, 0.4) is 0 Å². The third kappa shape index (κ3) is 4.32. The van der Waals surface area contributed by atoms with Crippen LogP contribution < -0.4 is 11.1 Å². The number of likely N-dealkylation sites (N-methyl/N-ethyl adjacent to an activating group) is 1. The molecule has 1 aliphatic heterocycles. The summed E-state index contributed by atoms with van der Waals surface area (Å²) in [7, 11) is 1.63. The van der Waals surface area contributed by atoms with Gasteiger partial charge in [-0.25, -0.2) is 15.0 Å². The average molecular weight is 499 g/mol. The van der Waals surface area contributed by atoms with Gasteiger partial charge in [-0.15, -0.1) is 0 Å². The predicted molar refractivity (Wildman–Crippen MR) is 129 cm³/mol. The number of hydrogen-bond donors (Lipinski definition) is 2. The summed E-state index contributed by atoms with van der Waals surface area (Å²) in [5, 5.41) is 2.65. The molecule has 0 aliphatic carbocycles. The van der Waals surface area contributed by atoms with Crippen LogP contribution >= 0.6 is 0 Å².